The standard InChI is InChI=1S/C19H21NO2/c21-19(12-11-18-10-5-13-22-18)20(15-17-8-4-9-17)14-16-6-2-1-3-7-16/h1-3,5-7,10-13,17H,4,8-9,14-15H2. The lowest BCUT2D eigenvalue weighted by Crippen LogP contribution is -2.36. The van der Waals surface area contributed by atoms with Gasteiger partial charge in [-0.1, -0.05) is 36.8 Å². The first kappa shape index (κ1) is 14.6. The van der Waals surface area contributed by atoms with Crippen LogP contribution in [-0.2, 0) is 11.3 Å². The molecule has 1 aromatic carbocycles. The minimum absolute atomic E-state index is 0.0483. The summed E-state index contributed by atoms with van der Waals surface area (Å²) in [4.78, 5) is 14.5. The van der Waals surface area contributed by atoms with Crippen molar-refractivity contribution < 1.29 is 9.21 Å². The molecule has 0 spiro atoms. The van der Waals surface area contributed by atoms with Crippen LogP contribution in [0.25, 0.3) is 6.08 Å². The van der Waals surface area contributed by atoms with Crippen LogP contribution >= 0.6 is 0 Å². The van der Waals surface area contributed by atoms with Crippen LogP contribution in [-0.4, -0.2) is 17.4 Å². The van der Waals surface area contributed by atoms with Crippen LogP contribution in [0.2, 0.25) is 0 Å². The van der Waals surface area contributed by atoms with E-state index in [4.69, 9.17) is 4.42 Å². The molecule has 3 nitrogen and oxygen atoms in total. The van der Waals surface area contributed by atoms with E-state index in [1.54, 1.807) is 18.4 Å². The molecule has 1 aliphatic rings. The van der Waals surface area contributed by atoms with Crippen molar-refractivity contribution in [3.8, 4) is 0 Å². The third-order valence-electron chi connectivity index (χ3n) is 4.16. The van der Waals surface area contributed by atoms with Crippen LogP contribution in [0.5, 0.6) is 0 Å². The molecule has 114 valence electrons. The molecule has 1 aromatic heterocycles. The summed E-state index contributed by atoms with van der Waals surface area (Å²) in [6.07, 6.45) is 8.73. The number of carbonyl (C=O) groups excluding carboxylic acids is 1. The first-order valence-electron chi connectivity index (χ1n) is 7.86. The Bertz CT molecular complexity index is 612. The van der Waals surface area contributed by atoms with Crippen molar-refractivity contribution in [1.82, 2.24) is 4.90 Å². The van der Waals surface area contributed by atoms with Crippen molar-refractivity contribution >= 4 is 12.0 Å². The second-order valence-electron chi connectivity index (χ2n) is 5.85. The lowest BCUT2D eigenvalue weighted by molar-refractivity contribution is -0.127. The molecule has 2 aromatic rings. The average Bonchev–Trinajstić information content (AvgIpc) is 3.01. The van der Waals surface area contributed by atoms with E-state index in [1.807, 2.05) is 35.2 Å². The van der Waals surface area contributed by atoms with Crippen molar-refractivity contribution in [3.05, 3.63) is 66.1 Å². The van der Waals surface area contributed by atoms with Gasteiger partial charge in [-0.15, -0.1) is 0 Å². The zero-order chi connectivity index (χ0) is 15.2. The Morgan fingerprint density at radius 3 is 2.64 bits per heavy atom. The van der Waals surface area contributed by atoms with E-state index in [9.17, 15) is 4.79 Å². The summed E-state index contributed by atoms with van der Waals surface area (Å²) in [6.45, 7) is 1.51. The second-order valence-corrected chi connectivity index (χ2v) is 5.85. The molecule has 22 heavy (non-hydrogen) atoms. The molecular weight excluding hydrogens is 274 g/mol. The Hall–Kier alpha value is -2.29. The Balaban J connectivity index is 1.67. The van der Waals surface area contributed by atoms with Gasteiger partial charge in [0.15, 0.2) is 0 Å². The summed E-state index contributed by atoms with van der Waals surface area (Å²) in [6, 6.07) is 13.8. The van der Waals surface area contributed by atoms with Crippen LogP contribution in [0, 0.1) is 5.92 Å². The molecule has 0 bridgehead atoms. The quantitative estimate of drug-likeness (QED) is 0.751. The Kier molecular flexibility index (Phi) is 4.74. The maximum atomic E-state index is 12.5. The fraction of sp³-hybridized carbons (Fsp3) is 0.316. The minimum Gasteiger partial charge on any atom is -0.465 e. The molecule has 1 saturated carbocycles. The van der Waals surface area contributed by atoms with Crippen molar-refractivity contribution in [3.63, 3.8) is 0 Å². The fourth-order valence-electron chi connectivity index (χ4n) is 2.67. The van der Waals surface area contributed by atoms with Gasteiger partial charge in [-0.2, -0.15) is 0 Å². The van der Waals surface area contributed by atoms with Gasteiger partial charge < -0.3 is 9.32 Å². The molecule has 0 N–H and O–H groups in total. The van der Waals surface area contributed by atoms with Crippen molar-refractivity contribution in [1.29, 1.82) is 0 Å². The smallest absolute Gasteiger partial charge is 0.246 e. The third kappa shape index (κ3) is 3.88. The van der Waals surface area contributed by atoms with Gasteiger partial charge in [0, 0.05) is 19.2 Å². The number of carbonyl (C=O) groups is 1. The highest BCUT2D eigenvalue weighted by Crippen LogP contribution is 2.27. The van der Waals surface area contributed by atoms with Crippen molar-refractivity contribution in [2.45, 2.75) is 25.8 Å². The molecule has 0 unspecified atom stereocenters. The van der Waals surface area contributed by atoms with Gasteiger partial charge in [0.05, 0.1) is 6.26 Å². The van der Waals surface area contributed by atoms with E-state index in [1.165, 1.54) is 24.8 Å². The highest BCUT2D eigenvalue weighted by Gasteiger charge is 2.22. The SMILES string of the molecule is O=C(C=Cc1ccco1)N(Cc1ccccc1)CC1CCC1. The molecule has 1 amide bonds. The average molecular weight is 295 g/mol. The first-order chi connectivity index (χ1) is 10.8. The Morgan fingerprint density at radius 1 is 1.18 bits per heavy atom. The maximum absolute atomic E-state index is 12.5. The summed E-state index contributed by atoms with van der Waals surface area (Å²) in [7, 11) is 0. The number of nitrogens with zero attached hydrogens (tertiary/aromatic N) is 1. The van der Waals surface area contributed by atoms with Crippen LogP contribution < -0.4 is 0 Å². The maximum Gasteiger partial charge on any atom is 0.246 e. The third-order valence-corrected chi connectivity index (χ3v) is 4.16. The second kappa shape index (κ2) is 7.12. The Morgan fingerprint density at radius 2 is 2.00 bits per heavy atom. The molecular formula is C19H21NO2. The van der Waals surface area contributed by atoms with E-state index >= 15 is 0 Å². The van der Waals surface area contributed by atoms with Gasteiger partial charge in [0.2, 0.25) is 5.91 Å². The molecule has 0 atom stereocenters. The largest absolute Gasteiger partial charge is 0.465 e. The number of hydrogen-bond donors (Lipinski definition) is 0. The van der Waals surface area contributed by atoms with E-state index < -0.39 is 0 Å². The molecule has 1 fully saturated rings. The normalized spacial score (nSPS) is 14.9. The molecule has 0 aliphatic heterocycles. The lowest BCUT2D eigenvalue weighted by atomic mass is 9.85. The Labute approximate surface area is 131 Å². The van der Waals surface area contributed by atoms with E-state index in [0.717, 1.165) is 6.54 Å². The van der Waals surface area contributed by atoms with E-state index in [2.05, 4.69) is 12.1 Å². The topological polar surface area (TPSA) is 33.5 Å². The van der Waals surface area contributed by atoms with Gasteiger partial charge >= 0.3 is 0 Å². The number of furan rings is 1. The fourth-order valence-corrected chi connectivity index (χ4v) is 2.67. The number of benzene rings is 1. The number of rotatable bonds is 6. The lowest BCUT2D eigenvalue weighted by Gasteiger charge is -2.32. The number of hydrogen-bond acceptors (Lipinski definition) is 2. The highest BCUT2D eigenvalue weighted by molar-refractivity contribution is 5.91. The molecule has 1 heterocycles. The highest BCUT2D eigenvalue weighted by atomic mass is 16.3. The van der Waals surface area contributed by atoms with Crippen LogP contribution in [0.1, 0.15) is 30.6 Å². The van der Waals surface area contributed by atoms with Gasteiger partial charge in [-0.3, -0.25) is 4.79 Å². The summed E-state index contributed by atoms with van der Waals surface area (Å²) in [5, 5.41) is 0. The summed E-state index contributed by atoms with van der Waals surface area (Å²) >= 11 is 0. The van der Waals surface area contributed by atoms with Gasteiger partial charge in [0.1, 0.15) is 5.76 Å². The predicted octanol–water partition coefficient (Wildman–Crippen LogP) is 4.12. The van der Waals surface area contributed by atoms with Crippen LogP contribution in [0.3, 0.4) is 0 Å². The zero-order valence-electron chi connectivity index (χ0n) is 12.7. The molecule has 1 aliphatic carbocycles. The summed E-state index contributed by atoms with van der Waals surface area (Å²) in [5.74, 6) is 1.41. The van der Waals surface area contributed by atoms with Crippen LogP contribution in [0.4, 0.5) is 0 Å². The zero-order valence-corrected chi connectivity index (χ0v) is 12.7. The van der Waals surface area contributed by atoms with Crippen molar-refractivity contribution in [2.24, 2.45) is 5.92 Å². The van der Waals surface area contributed by atoms with Crippen molar-refractivity contribution in [2.75, 3.05) is 6.54 Å². The first-order valence-corrected chi connectivity index (χ1v) is 7.86. The van der Waals surface area contributed by atoms with Gasteiger partial charge in [-0.05, 0) is 42.5 Å². The predicted molar refractivity (Wildman–Crippen MR) is 86.9 cm³/mol. The molecule has 3 rings (SSSR count). The van der Waals surface area contributed by atoms with E-state index in [-0.39, 0.29) is 5.91 Å². The monoisotopic (exact) mass is 295 g/mol. The molecule has 0 saturated heterocycles. The van der Waals surface area contributed by atoms with Gasteiger partial charge in [-0.25, -0.2) is 0 Å². The molecule has 0 radical (unpaired) electrons. The van der Waals surface area contributed by atoms with Gasteiger partial charge in [0.25, 0.3) is 0 Å². The number of amides is 1. The summed E-state index contributed by atoms with van der Waals surface area (Å²) in [5.41, 5.74) is 1.17. The molecule has 3 heteroatoms. The van der Waals surface area contributed by atoms with Crippen LogP contribution in [0.15, 0.2) is 59.2 Å². The van der Waals surface area contributed by atoms with E-state index in [0.29, 0.717) is 18.2 Å². The summed E-state index contributed by atoms with van der Waals surface area (Å²) < 4.78 is 5.24. The minimum atomic E-state index is 0.0483.